The van der Waals surface area contributed by atoms with Crippen molar-refractivity contribution in [2.45, 2.75) is 60.6 Å². The fourth-order valence-electron chi connectivity index (χ4n) is 2.61. The SMILES string of the molecule is Cc1c(C)c(C)c([C@@H](N)[C@@H](O)C(C)C)c(C)c1C. The molecule has 1 aromatic carbocycles. The molecule has 0 aliphatic carbocycles. The van der Waals surface area contributed by atoms with Crippen molar-refractivity contribution in [3.8, 4) is 0 Å². The van der Waals surface area contributed by atoms with Crippen LogP contribution in [0, 0.1) is 40.5 Å². The van der Waals surface area contributed by atoms with E-state index in [1.807, 2.05) is 13.8 Å². The third-order valence-electron chi connectivity index (χ3n) is 4.44. The van der Waals surface area contributed by atoms with E-state index in [4.69, 9.17) is 5.73 Å². The van der Waals surface area contributed by atoms with Crippen molar-refractivity contribution in [2.75, 3.05) is 0 Å². The van der Waals surface area contributed by atoms with Crippen LogP contribution in [-0.2, 0) is 0 Å². The summed E-state index contributed by atoms with van der Waals surface area (Å²) < 4.78 is 0. The van der Waals surface area contributed by atoms with E-state index in [9.17, 15) is 5.11 Å². The number of aliphatic hydroxyl groups excluding tert-OH is 1. The molecule has 0 saturated carbocycles. The van der Waals surface area contributed by atoms with Crippen molar-refractivity contribution in [3.63, 3.8) is 0 Å². The molecule has 0 aromatic heterocycles. The average molecular weight is 249 g/mol. The lowest BCUT2D eigenvalue weighted by atomic mass is 9.83. The Labute approximate surface area is 111 Å². The van der Waals surface area contributed by atoms with Gasteiger partial charge in [-0.15, -0.1) is 0 Å². The molecular formula is C16H27NO. The number of benzene rings is 1. The Morgan fingerprint density at radius 3 is 1.44 bits per heavy atom. The molecule has 0 fully saturated rings. The second kappa shape index (κ2) is 5.41. The largest absolute Gasteiger partial charge is 0.391 e. The predicted molar refractivity (Wildman–Crippen MR) is 77.9 cm³/mol. The molecule has 0 aliphatic rings. The van der Waals surface area contributed by atoms with Crippen molar-refractivity contribution >= 4 is 0 Å². The van der Waals surface area contributed by atoms with Gasteiger partial charge in [-0.1, -0.05) is 13.8 Å². The third kappa shape index (κ3) is 2.45. The van der Waals surface area contributed by atoms with Crippen molar-refractivity contribution in [3.05, 3.63) is 33.4 Å². The van der Waals surface area contributed by atoms with E-state index in [-0.39, 0.29) is 12.0 Å². The summed E-state index contributed by atoms with van der Waals surface area (Å²) in [6.07, 6.45) is -0.496. The Hall–Kier alpha value is -0.860. The highest BCUT2D eigenvalue weighted by Crippen LogP contribution is 2.32. The van der Waals surface area contributed by atoms with Crippen LogP contribution in [0.15, 0.2) is 0 Å². The molecule has 0 radical (unpaired) electrons. The fraction of sp³-hybridized carbons (Fsp3) is 0.625. The molecule has 2 atom stereocenters. The van der Waals surface area contributed by atoms with Crippen LogP contribution in [0.4, 0.5) is 0 Å². The minimum atomic E-state index is -0.496. The number of hydrogen-bond donors (Lipinski definition) is 2. The molecule has 102 valence electrons. The van der Waals surface area contributed by atoms with Gasteiger partial charge in [0.25, 0.3) is 0 Å². The lowest BCUT2D eigenvalue weighted by molar-refractivity contribution is 0.0974. The Kier molecular flexibility index (Phi) is 4.57. The molecule has 0 heterocycles. The summed E-state index contributed by atoms with van der Waals surface area (Å²) in [6.45, 7) is 14.6. The molecule has 1 rings (SSSR count). The van der Waals surface area contributed by atoms with Gasteiger partial charge in [-0.2, -0.15) is 0 Å². The highest BCUT2D eigenvalue weighted by molar-refractivity contribution is 5.50. The molecule has 0 aliphatic heterocycles. The van der Waals surface area contributed by atoms with Crippen LogP contribution in [0.3, 0.4) is 0 Å². The Balaban J connectivity index is 3.42. The van der Waals surface area contributed by atoms with Crippen LogP contribution < -0.4 is 5.73 Å². The van der Waals surface area contributed by atoms with Gasteiger partial charge in [-0.25, -0.2) is 0 Å². The lowest BCUT2D eigenvalue weighted by Crippen LogP contribution is -2.32. The molecule has 2 nitrogen and oxygen atoms in total. The van der Waals surface area contributed by atoms with Crippen molar-refractivity contribution in [2.24, 2.45) is 11.7 Å². The highest BCUT2D eigenvalue weighted by atomic mass is 16.3. The van der Waals surface area contributed by atoms with Crippen LogP contribution >= 0.6 is 0 Å². The monoisotopic (exact) mass is 249 g/mol. The van der Waals surface area contributed by atoms with Crippen LogP contribution in [0.25, 0.3) is 0 Å². The first-order valence-corrected chi connectivity index (χ1v) is 6.70. The number of aliphatic hydroxyl groups is 1. The summed E-state index contributed by atoms with van der Waals surface area (Å²) in [5.41, 5.74) is 13.8. The fourth-order valence-corrected chi connectivity index (χ4v) is 2.61. The molecule has 18 heavy (non-hydrogen) atoms. The maximum Gasteiger partial charge on any atom is 0.0755 e. The minimum Gasteiger partial charge on any atom is -0.391 e. The zero-order valence-electron chi connectivity index (χ0n) is 12.8. The van der Waals surface area contributed by atoms with Gasteiger partial charge in [0.2, 0.25) is 0 Å². The summed E-state index contributed by atoms with van der Waals surface area (Å²) in [4.78, 5) is 0. The van der Waals surface area contributed by atoms with Gasteiger partial charge in [0.05, 0.1) is 12.1 Å². The molecule has 0 unspecified atom stereocenters. The topological polar surface area (TPSA) is 46.2 Å². The van der Waals surface area contributed by atoms with Crippen LogP contribution in [0.5, 0.6) is 0 Å². The number of nitrogens with two attached hydrogens (primary N) is 1. The van der Waals surface area contributed by atoms with E-state index in [1.54, 1.807) is 0 Å². The maximum absolute atomic E-state index is 10.2. The van der Waals surface area contributed by atoms with E-state index in [2.05, 4.69) is 34.6 Å². The highest BCUT2D eigenvalue weighted by Gasteiger charge is 2.25. The molecule has 0 amide bonds. The molecule has 0 spiro atoms. The molecule has 2 heteroatoms. The average Bonchev–Trinajstić information content (AvgIpc) is 2.32. The van der Waals surface area contributed by atoms with Gasteiger partial charge in [0.1, 0.15) is 0 Å². The first-order valence-electron chi connectivity index (χ1n) is 6.70. The van der Waals surface area contributed by atoms with Gasteiger partial charge >= 0.3 is 0 Å². The first-order chi connectivity index (χ1) is 8.20. The van der Waals surface area contributed by atoms with E-state index < -0.39 is 6.10 Å². The summed E-state index contributed by atoms with van der Waals surface area (Å²) in [5.74, 6) is 0.167. The summed E-state index contributed by atoms with van der Waals surface area (Å²) in [6, 6.07) is -0.303. The van der Waals surface area contributed by atoms with Gasteiger partial charge in [-0.05, 0) is 73.9 Å². The van der Waals surface area contributed by atoms with Gasteiger partial charge < -0.3 is 10.8 Å². The summed E-state index contributed by atoms with van der Waals surface area (Å²) in [5, 5.41) is 10.2. The molecule has 0 bridgehead atoms. The predicted octanol–water partition coefficient (Wildman–Crippen LogP) is 3.25. The summed E-state index contributed by atoms with van der Waals surface area (Å²) in [7, 11) is 0. The quantitative estimate of drug-likeness (QED) is 0.864. The number of rotatable bonds is 3. The second-order valence-electron chi connectivity index (χ2n) is 5.80. The third-order valence-corrected chi connectivity index (χ3v) is 4.44. The zero-order chi connectivity index (χ0) is 14.2. The lowest BCUT2D eigenvalue weighted by Gasteiger charge is -2.28. The Morgan fingerprint density at radius 1 is 0.778 bits per heavy atom. The van der Waals surface area contributed by atoms with Gasteiger partial charge in [0, 0.05) is 0 Å². The standard InChI is InChI=1S/C16H27NO/c1-8(2)16(18)15(17)14-12(6)10(4)9(3)11(5)13(14)7/h8,15-16,18H,17H2,1-7H3/t15-,16+/m1/s1. The second-order valence-corrected chi connectivity index (χ2v) is 5.80. The normalized spacial score (nSPS) is 15.0. The van der Waals surface area contributed by atoms with E-state index in [0.29, 0.717) is 0 Å². The zero-order valence-corrected chi connectivity index (χ0v) is 12.8. The Bertz CT molecular complexity index is 420. The first kappa shape index (κ1) is 15.2. The number of hydrogen-bond acceptors (Lipinski definition) is 2. The summed E-state index contributed by atoms with van der Waals surface area (Å²) >= 11 is 0. The van der Waals surface area contributed by atoms with Crippen LogP contribution in [0.2, 0.25) is 0 Å². The van der Waals surface area contributed by atoms with Gasteiger partial charge in [0.15, 0.2) is 0 Å². The van der Waals surface area contributed by atoms with Crippen molar-refractivity contribution in [1.29, 1.82) is 0 Å². The molecule has 0 saturated heterocycles. The van der Waals surface area contributed by atoms with E-state index >= 15 is 0 Å². The van der Waals surface area contributed by atoms with Gasteiger partial charge in [-0.3, -0.25) is 0 Å². The van der Waals surface area contributed by atoms with Crippen LogP contribution in [-0.4, -0.2) is 11.2 Å². The molecular weight excluding hydrogens is 222 g/mol. The van der Waals surface area contributed by atoms with E-state index in [1.165, 1.54) is 27.8 Å². The van der Waals surface area contributed by atoms with Crippen molar-refractivity contribution in [1.82, 2.24) is 0 Å². The Morgan fingerprint density at radius 2 is 1.11 bits per heavy atom. The minimum absolute atomic E-state index is 0.167. The van der Waals surface area contributed by atoms with Crippen molar-refractivity contribution < 1.29 is 5.11 Å². The molecule has 1 aromatic rings. The maximum atomic E-state index is 10.2. The van der Waals surface area contributed by atoms with Crippen LogP contribution in [0.1, 0.15) is 53.3 Å². The van der Waals surface area contributed by atoms with E-state index in [0.717, 1.165) is 5.56 Å². The molecule has 3 N–H and O–H groups in total. The smallest absolute Gasteiger partial charge is 0.0755 e.